The molecule has 2 N–H and O–H groups in total. The zero-order chi connectivity index (χ0) is 21.9. The van der Waals surface area contributed by atoms with Gasteiger partial charge in [-0.25, -0.2) is 15.0 Å². The highest BCUT2D eigenvalue weighted by atomic mass is 35.5. The van der Waals surface area contributed by atoms with Gasteiger partial charge in [-0.05, 0) is 30.7 Å². The number of halogens is 4. The number of thiazole rings is 1. The van der Waals surface area contributed by atoms with Crippen LogP contribution < -0.4 is 10.0 Å². The normalized spacial score (nSPS) is 12.0. The summed E-state index contributed by atoms with van der Waals surface area (Å²) in [5.41, 5.74) is -4.21. The summed E-state index contributed by atoms with van der Waals surface area (Å²) in [7, 11) is -5.53. The van der Waals surface area contributed by atoms with Crippen molar-refractivity contribution in [3.63, 3.8) is 0 Å². The van der Waals surface area contributed by atoms with Crippen LogP contribution in [0.2, 0.25) is 5.02 Å². The molecule has 0 aliphatic rings. The molecule has 3 aromatic rings. The molecule has 0 spiro atoms. The van der Waals surface area contributed by atoms with E-state index in [1.165, 1.54) is 28.2 Å². The van der Waals surface area contributed by atoms with Gasteiger partial charge < -0.3 is 5.32 Å². The van der Waals surface area contributed by atoms with Crippen molar-refractivity contribution >= 4 is 44.6 Å². The Labute approximate surface area is 179 Å². The SMILES string of the molecule is CCCNc1nccc(-c2nc(-c3ccc(NS(=O)(=O)C(F)(F)F)cc3Cl)cs2)n1. The monoisotopic (exact) mass is 477 g/mol. The Morgan fingerprint density at radius 3 is 2.60 bits per heavy atom. The number of alkyl halides is 3. The quantitative estimate of drug-likeness (QED) is 0.497. The number of anilines is 2. The number of benzene rings is 1. The van der Waals surface area contributed by atoms with E-state index >= 15 is 0 Å². The zero-order valence-corrected chi connectivity index (χ0v) is 17.8. The van der Waals surface area contributed by atoms with Gasteiger partial charge in [0.1, 0.15) is 10.7 Å². The van der Waals surface area contributed by atoms with E-state index in [9.17, 15) is 21.6 Å². The maximum absolute atomic E-state index is 12.5. The van der Waals surface area contributed by atoms with Crippen LogP contribution in [-0.2, 0) is 10.0 Å². The van der Waals surface area contributed by atoms with Gasteiger partial charge in [-0.3, -0.25) is 4.72 Å². The minimum absolute atomic E-state index is 0.0437. The second-order valence-corrected chi connectivity index (χ2v) is 8.92. The summed E-state index contributed by atoms with van der Waals surface area (Å²) in [6, 6.07) is 5.37. The van der Waals surface area contributed by atoms with Crippen molar-refractivity contribution < 1.29 is 21.6 Å². The van der Waals surface area contributed by atoms with Gasteiger partial charge >= 0.3 is 15.5 Å². The van der Waals surface area contributed by atoms with Crippen LogP contribution in [0.4, 0.5) is 24.8 Å². The van der Waals surface area contributed by atoms with Crippen LogP contribution in [-0.4, -0.2) is 35.4 Å². The summed E-state index contributed by atoms with van der Waals surface area (Å²) in [6.45, 7) is 2.75. The highest BCUT2D eigenvalue weighted by Gasteiger charge is 2.46. The first-order chi connectivity index (χ1) is 14.1. The van der Waals surface area contributed by atoms with Gasteiger partial charge in [-0.15, -0.1) is 11.3 Å². The topological polar surface area (TPSA) is 96.9 Å². The second-order valence-electron chi connectivity index (χ2n) is 5.98. The average molecular weight is 478 g/mol. The Hall–Kier alpha value is -2.44. The van der Waals surface area contributed by atoms with Crippen LogP contribution in [0.15, 0.2) is 35.8 Å². The van der Waals surface area contributed by atoms with E-state index < -0.39 is 15.5 Å². The number of nitrogens with one attached hydrogen (secondary N) is 2. The molecule has 0 unspecified atom stereocenters. The number of nitrogens with zero attached hydrogens (tertiary/aromatic N) is 3. The van der Waals surface area contributed by atoms with Gasteiger partial charge in [0, 0.05) is 23.7 Å². The van der Waals surface area contributed by atoms with E-state index in [2.05, 4.69) is 20.3 Å². The van der Waals surface area contributed by atoms with Crippen LogP contribution in [0.5, 0.6) is 0 Å². The van der Waals surface area contributed by atoms with Crippen LogP contribution in [0, 0.1) is 0 Å². The third kappa shape index (κ3) is 4.99. The summed E-state index contributed by atoms with van der Waals surface area (Å²) >= 11 is 7.47. The molecular formula is C17H15ClF3N5O2S2. The number of aromatic nitrogens is 3. The molecule has 0 aliphatic carbocycles. The van der Waals surface area contributed by atoms with E-state index in [4.69, 9.17) is 11.6 Å². The lowest BCUT2D eigenvalue weighted by Crippen LogP contribution is -2.29. The molecule has 13 heteroatoms. The fourth-order valence-electron chi connectivity index (χ4n) is 2.31. The minimum atomic E-state index is -5.53. The molecule has 0 atom stereocenters. The molecule has 0 amide bonds. The van der Waals surface area contributed by atoms with Crippen molar-refractivity contribution in [2.75, 3.05) is 16.6 Å². The lowest BCUT2D eigenvalue weighted by Gasteiger charge is -2.11. The van der Waals surface area contributed by atoms with E-state index in [0.717, 1.165) is 19.0 Å². The number of hydrogen-bond acceptors (Lipinski definition) is 7. The molecule has 0 saturated carbocycles. The Kier molecular flexibility index (Phi) is 6.48. The predicted molar refractivity (Wildman–Crippen MR) is 111 cm³/mol. The molecule has 0 bridgehead atoms. The number of hydrogen-bond donors (Lipinski definition) is 2. The Bertz CT molecular complexity index is 1150. The molecule has 0 radical (unpaired) electrons. The standard InChI is InChI=1S/C17H15ClF3N5O2S2/c1-2-6-22-16-23-7-5-13(25-16)15-24-14(9-29-15)11-4-3-10(8-12(11)18)26-30(27,28)17(19,20)21/h3-5,7-9,26H,2,6H2,1H3,(H,22,23,25). The summed E-state index contributed by atoms with van der Waals surface area (Å²) in [5, 5.41) is 5.45. The first kappa shape index (κ1) is 22.2. The molecule has 0 aliphatic heterocycles. The van der Waals surface area contributed by atoms with Crippen LogP contribution in [0.1, 0.15) is 13.3 Å². The van der Waals surface area contributed by atoms with Gasteiger partial charge in [-0.1, -0.05) is 18.5 Å². The van der Waals surface area contributed by atoms with Gasteiger partial charge in [0.05, 0.1) is 16.4 Å². The molecule has 30 heavy (non-hydrogen) atoms. The molecule has 1 aromatic carbocycles. The minimum Gasteiger partial charge on any atom is -0.354 e. The average Bonchev–Trinajstić information content (AvgIpc) is 3.15. The maximum atomic E-state index is 12.5. The van der Waals surface area contributed by atoms with Crippen LogP contribution in [0.3, 0.4) is 0 Å². The number of rotatable bonds is 7. The fourth-order valence-corrected chi connectivity index (χ4v) is 3.93. The Morgan fingerprint density at radius 2 is 1.93 bits per heavy atom. The third-order valence-corrected chi connectivity index (χ3v) is 6.01. The van der Waals surface area contributed by atoms with Gasteiger partial charge in [0.15, 0.2) is 0 Å². The highest BCUT2D eigenvalue weighted by molar-refractivity contribution is 7.93. The summed E-state index contributed by atoms with van der Waals surface area (Å²) in [6.07, 6.45) is 2.53. The predicted octanol–water partition coefficient (Wildman–Crippen LogP) is 5.00. The van der Waals surface area contributed by atoms with Crippen molar-refractivity contribution in [2.24, 2.45) is 0 Å². The first-order valence-corrected chi connectivity index (χ1v) is 11.3. The zero-order valence-electron chi connectivity index (χ0n) is 15.4. The van der Waals surface area contributed by atoms with Gasteiger partial charge in [-0.2, -0.15) is 21.6 Å². The van der Waals surface area contributed by atoms with Crippen molar-refractivity contribution in [1.29, 1.82) is 0 Å². The lowest BCUT2D eigenvalue weighted by molar-refractivity contribution is -0.0429. The largest absolute Gasteiger partial charge is 0.516 e. The summed E-state index contributed by atoms with van der Waals surface area (Å²) < 4.78 is 61.5. The molecule has 2 heterocycles. The fraction of sp³-hybridized carbons (Fsp3) is 0.235. The van der Waals surface area contributed by atoms with Crippen LogP contribution in [0.25, 0.3) is 22.0 Å². The van der Waals surface area contributed by atoms with Gasteiger partial charge in [0.25, 0.3) is 0 Å². The Morgan fingerprint density at radius 1 is 1.17 bits per heavy atom. The third-order valence-electron chi connectivity index (χ3n) is 3.71. The Balaban J connectivity index is 1.84. The first-order valence-electron chi connectivity index (χ1n) is 8.52. The molecule has 7 nitrogen and oxygen atoms in total. The highest BCUT2D eigenvalue weighted by Crippen LogP contribution is 2.34. The summed E-state index contributed by atoms with van der Waals surface area (Å²) in [4.78, 5) is 13.0. The summed E-state index contributed by atoms with van der Waals surface area (Å²) in [5.74, 6) is 0.477. The molecule has 3 rings (SSSR count). The molecule has 160 valence electrons. The van der Waals surface area contributed by atoms with E-state index in [-0.39, 0.29) is 10.7 Å². The maximum Gasteiger partial charge on any atom is 0.516 e. The van der Waals surface area contributed by atoms with Gasteiger partial charge in [0.2, 0.25) is 5.95 Å². The number of sulfonamides is 1. The molecular weight excluding hydrogens is 463 g/mol. The second kappa shape index (κ2) is 8.74. The van der Waals surface area contributed by atoms with Crippen LogP contribution >= 0.6 is 22.9 Å². The van der Waals surface area contributed by atoms with E-state index in [1.54, 1.807) is 17.6 Å². The lowest BCUT2D eigenvalue weighted by atomic mass is 10.1. The molecule has 0 fully saturated rings. The van der Waals surface area contributed by atoms with E-state index in [0.29, 0.717) is 27.9 Å². The van der Waals surface area contributed by atoms with Crippen molar-refractivity contribution in [1.82, 2.24) is 15.0 Å². The molecule has 2 aromatic heterocycles. The smallest absolute Gasteiger partial charge is 0.354 e. The molecule has 0 saturated heterocycles. The van der Waals surface area contributed by atoms with Crippen molar-refractivity contribution in [3.8, 4) is 22.0 Å². The van der Waals surface area contributed by atoms with E-state index in [1.807, 2.05) is 6.92 Å². The van der Waals surface area contributed by atoms with Crippen molar-refractivity contribution in [2.45, 2.75) is 18.9 Å². The van der Waals surface area contributed by atoms with Crippen molar-refractivity contribution in [3.05, 3.63) is 40.9 Å².